The summed E-state index contributed by atoms with van der Waals surface area (Å²) < 4.78 is 0. The van der Waals surface area contributed by atoms with Gasteiger partial charge in [0.05, 0.1) is 12.2 Å². The van der Waals surface area contributed by atoms with Crippen molar-refractivity contribution in [2.45, 2.75) is 51.0 Å². The van der Waals surface area contributed by atoms with Gasteiger partial charge in [-0.3, -0.25) is 14.4 Å². The molecule has 0 saturated heterocycles. The summed E-state index contributed by atoms with van der Waals surface area (Å²) in [4.78, 5) is 39.2. The minimum Gasteiger partial charge on any atom is -0.392 e. The molecule has 0 aliphatic rings. The summed E-state index contributed by atoms with van der Waals surface area (Å²) in [5.41, 5.74) is -0.0411. The average molecular weight is 571 g/mol. The van der Waals surface area contributed by atoms with Gasteiger partial charge in [-0.25, -0.2) is 0 Å². The zero-order valence-corrected chi connectivity index (χ0v) is 23.8. The first-order chi connectivity index (χ1) is 18.5. The van der Waals surface area contributed by atoms with E-state index in [1.807, 2.05) is 42.5 Å². The molecular weight excluding hydrogens is 532 g/mol. The van der Waals surface area contributed by atoms with Crippen LogP contribution in [0.1, 0.15) is 36.7 Å². The van der Waals surface area contributed by atoms with Gasteiger partial charge in [0.25, 0.3) is 5.91 Å². The molecule has 3 unspecified atom stereocenters. The average Bonchev–Trinajstić information content (AvgIpc) is 2.91. The molecule has 0 saturated carbocycles. The maximum atomic E-state index is 13.3. The van der Waals surface area contributed by atoms with E-state index in [1.165, 1.54) is 0 Å². The van der Waals surface area contributed by atoms with Crippen LogP contribution in [0.3, 0.4) is 0 Å². The second-order valence-electron chi connectivity index (χ2n) is 10.3. The Kier molecular flexibility index (Phi) is 12.5. The van der Waals surface area contributed by atoms with Crippen LogP contribution >= 0.6 is 12.4 Å². The highest BCUT2D eigenvalue weighted by molar-refractivity contribution is 6.00. The number of carbonyl (C=O) groups excluding carboxylic acids is 3. The maximum Gasteiger partial charge on any atom is 0.252 e. The molecule has 0 radical (unpaired) electrons. The molecule has 3 aromatic rings. The van der Waals surface area contributed by atoms with Crippen molar-refractivity contribution in [1.82, 2.24) is 21.3 Å². The summed E-state index contributed by atoms with van der Waals surface area (Å²) in [6.07, 6.45) is -1.23. The molecule has 0 spiro atoms. The minimum atomic E-state index is -1.31. The molecule has 3 rings (SSSR count). The molecule has 0 aliphatic heterocycles. The number of nitrogens with one attached hydrogen (secondary N) is 4. The number of aliphatic hydroxyl groups excluding tert-OH is 2. The molecular formula is C30H39ClN4O5. The second kappa shape index (κ2) is 15.3. The van der Waals surface area contributed by atoms with Gasteiger partial charge in [0.1, 0.15) is 11.6 Å². The van der Waals surface area contributed by atoms with Crippen molar-refractivity contribution >= 4 is 40.9 Å². The fourth-order valence-corrected chi connectivity index (χ4v) is 4.02. The topological polar surface area (TPSA) is 140 Å². The van der Waals surface area contributed by atoms with Crippen molar-refractivity contribution < 1.29 is 24.6 Å². The Morgan fingerprint density at radius 1 is 0.850 bits per heavy atom. The Hall–Kier alpha value is -3.50. The number of hydrogen-bond acceptors (Lipinski definition) is 6. The number of carbonyl (C=O) groups is 3. The van der Waals surface area contributed by atoms with E-state index in [1.54, 1.807) is 51.1 Å². The predicted octanol–water partition coefficient (Wildman–Crippen LogP) is 1.95. The van der Waals surface area contributed by atoms with Crippen molar-refractivity contribution in [2.75, 3.05) is 19.6 Å². The fourth-order valence-electron chi connectivity index (χ4n) is 4.02. The third-order valence-corrected chi connectivity index (χ3v) is 6.24. The standard InChI is InChI=1S/C30H38N4O5.ClH/c1-20(35)17-31-18-25(36)19-32-28(38)26(16-21-13-14-22-9-7-8-12-24(22)15-21)33-29(39)30(2,3)34-27(37)23-10-5-4-6-11-23;/h4-15,20,25-26,31,35-36H,16-19H2,1-3H3,(H,32,38)(H,33,39)(H,34,37);1H. The Morgan fingerprint density at radius 2 is 1.50 bits per heavy atom. The number of fused-ring (bicyclic) bond motifs is 1. The van der Waals surface area contributed by atoms with Crippen molar-refractivity contribution in [3.63, 3.8) is 0 Å². The summed E-state index contributed by atoms with van der Waals surface area (Å²) in [5, 5.41) is 32.8. The van der Waals surface area contributed by atoms with Crippen LogP contribution in [0.4, 0.5) is 0 Å². The van der Waals surface area contributed by atoms with E-state index in [-0.39, 0.29) is 31.9 Å². The van der Waals surface area contributed by atoms with Crippen molar-refractivity contribution in [2.24, 2.45) is 0 Å². The molecule has 3 atom stereocenters. The molecule has 10 heteroatoms. The van der Waals surface area contributed by atoms with E-state index in [0.717, 1.165) is 16.3 Å². The Labute approximate surface area is 241 Å². The number of amides is 3. The first-order valence-corrected chi connectivity index (χ1v) is 13.1. The number of rotatable bonds is 13. The van der Waals surface area contributed by atoms with E-state index >= 15 is 0 Å². The molecule has 9 nitrogen and oxygen atoms in total. The van der Waals surface area contributed by atoms with Crippen LogP contribution < -0.4 is 21.3 Å². The fraction of sp³-hybridized carbons (Fsp3) is 0.367. The van der Waals surface area contributed by atoms with Crippen LogP contribution in [0.2, 0.25) is 0 Å². The predicted molar refractivity (Wildman–Crippen MR) is 158 cm³/mol. The van der Waals surface area contributed by atoms with Crippen LogP contribution in [0.5, 0.6) is 0 Å². The van der Waals surface area contributed by atoms with Crippen LogP contribution in [-0.2, 0) is 16.0 Å². The van der Waals surface area contributed by atoms with Gasteiger partial charge in [-0.05, 0) is 49.2 Å². The molecule has 0 fully saturated rings. The van der Waals surface area contributed by atoms with Crippen molar-refractivity contribution in [3.8, 4) is 0 Å². The third kappa shape index (κ3) is 9.91. The second-order valence-corrected chi connectivity index (χ2v) is 10.3. The number of aliphatic hydroxyl groups is 2. The zero-order valence-electron chi connectivity index (χ0n) is 23.0. The largest absolute Gasteiger partial charge is 0.392 e. The monoisotopic (exact) mass is 570 g/mol. The van der Waals surface area contributed by atoms with Crippen molar-refractivity contribution in [3.05, 3.63) is 83.9 Å². The highest BCUT2D eigenvalue weighted by Gasteiger charge is 2.33. The lowest BCUT2D eigenvalue weighted by Gasteiger charge is -2.28. The molecule has 0 bridgehead atoms. The van der Waals surface area contributed by atoms with Gasteiger partial charge in [-0.2, -0.15) is 0 Å². The van der Waals surface area contributed by atoms with Crippen molar-refractivity contribution in [1.29, 1.82) is 0 Å². The van der Waals surface area contributed by atoms with E-state index in [2.05, 4.69) is 21.3 Å². The molecule has 3 aromatic carbocycles. The van der Waals surface area contributed by atoms with E-state index in [9.17, 15) is 24.6 Å². The lowest BCUT2D eigenvalue weighted by molar-refractivity contribution is -0.132. The van der Waals surface area contributed by atoms with E-state index in [4.69, 9.17) is 0 Å². The van der Waals surface area contributed by atoms with Gasteiger partial charge in [-0.1, -0.05) is 60.7 Å². The van der Waals surface area contributed by atoms with Gasteiger partial charge < -0.3 is 31.5 Å². The van der Waals surface area contributed by atoms with Crippen LogP contribution in [0.25, 0.3) is 10.8 Å². The summed E-state index contributed by atoms with van der Waals surface area (Å²) >= 11 is 0. The lowest BCUT2D eigenvalue weighted by atomic mass is 9.98. The Bertz CT molecular complexity index is 1270. The van der Waals surface area contributed by atoms with E-state index in [0.29, 0.717) is 12.1 Å². The summed E-state index contributed by atoms with van der Waals surface area (Å²) in [6, 6.07) is 21.3. The smallest absolute Gasteiger partial charge is 0.252 e. The third-order valence-electron chi connectivity index (χ3n) is 6.24. The highest BCUT2D eigenvalue weighted by atomic mass is 35.5. The SMILES string of the molecule is CC(O)CNCC(O)CNC(=O)C(Cc1ccc2ccccc2c1)NC(=O)C(C)(C)NC(=O)c1ccccc1.Cl. The van der Waals surface area contributed by atoms with Gasteiger partial charge >= 0.3 is 0 Å². The van der Waals surface area contributed by atoms with Gasteiger partial charge in [-0.15, -0.1) is 12.4 Å². The van der Waals surface area contributed by atoms with Gasteiger partial charge in [0, 0.05) is 31.6 Å². The van der Waals surface area contributed by atoms with E-state index < -0.39 is 41.5 Å². The van der Waals surface area contributed by atoms with Gasteiger partial charge in [0.2, 0.25) is 11.8 Å². The Morgan fingerprint density at radius 3 is 2.17 bits per heavy atom. The molecule has 6 N–H and O–H groups in total. The number of benzene rings is 3. The first kappa shape index (κ1) is 32.7. The minimum absolute atomic E-state index is 0. The number of halogens is 1. The quantitative estimate of drug-likeness (QED) is 0.186. The molecule has 0 heterocycles. The number of hydrogen-bond donors (Lipinski definition) is 6. The summed E-state index contributed by atoms with van der Waals surface area (Å²) in [6.45, 7) is 5.24. The molecule has 3 amide bonds. The summed E-state index contributed by atoms with van der Waals surface area (Å²) in [7, 11) is 0. The highest BCUT2D eigenvalue weighted by Crippen LogP contribution is 2.17. The molecule has 216 valence electrons. The molecule has 40 heavy (non-hydrogen) atoms. The first-order valence-electron chi connectivity index (χ1n) is 13.1. The zero-order chi connectivity index (χ0) is 28.4. The van der Waals surface area contributed by atoms with Crippen LogP contribution in [-0.4, -0.2) is 71.4 Å². The molecule has 0 aromatic heterocycles. The van der Waals surface area contributed by atoms with Crippen LogP contribution in [0, 0.1) is 0 Å². The van der Waals surface area contributed by atoms with Gasteiger partial charge in [0.15, 0.2) is 0 Å². The lowest BCUT2D eigenvalue weighted by Crippen LogP contribution is -2.59. The van der Waals surface area contributed by atoms with Crippen LogP contribution in [0.15, 0.2) is 72.8 Å². The molecule has 0 aliphatic carbocycles. The summed E-state index contributed by atoms with van der Waals surface area (Å²) in [5.74, 6) is -1.39. The normalized spacial score (nSPS) is 13.4. The Balaban J connectivity index is 0.00000560. The maximum absolute atomic E-state index is 13.3.